The van der Waals surface area contributed by atoms with Crippen molar-refractivity contribution in [2.45, 2.75) is 6.18 Å². The summed E-state index contributed by atoms with van der Waals surface area (Å²) in [6, 6.07) is 1.99. The molecule has 0 aliphatic heterocycles. The van der Waals surface area contributed by atoms with Gasteiger partial charge in [0.05, 0.1) is 5.56 Å². The van der Waals surface area contributed by atoms with Crippen LogP contribution in [0.15, 0.2) is 22.8 Å². The smallest absolute Gasteiger partial charge is 0.330 e. The van der Waals surface area contributed by atoms with E-state index in [2.05, 4.69) is 25.9 Å². The van der Waals surface area contributed by atoms with Gasteiger partial charge in [0.15, 0.2) is 12.1 Å². The molecular weight excluding hydrogens is 332 g/mol. The molecule has 1 aromatic heterocycles. The second-order valence-corrected chi connectivity index (χ2v) is 4.39. The van der Waals surface area contributed by atoms with E-state index in [1.165, 1.54) is 0 Å². The van der Waals surface area contributed by atoms with Crippen molar-refractivity contribution in [3.8, 4) is 11.3 Å². The van der Waals surface area contributed by atoms with Gasteiger partial charge in [-0.2, -0.15) is 13.2 Å². The number of aldehydes is 1. The highest BCUT2D eigenvalue weighted by molar-refractivity contribution is 9.10. The minimum atomic E-state index is -4.58. The normalized spacial score (nSPS) is 11.6. The number of rotatable bonds is 2. The predicted octanol–water partition coefficient (Wildman–Crippen LogP) is 3.81. The SMILES string of the molecule is O=Cc1nc(-c2cc(C(F)(F)F)ccc2F)c(Br)[nH]1. The lowest BCUT2D eigenvalue weighted by molar-refractivity contribution is -0.137. The molecule has 0 unspecified atom stereocenters. The number of benzene rings is 1. The van der Waals surface area contributed by atoms with E-state index in [0.29, 0.717) is 24.5 Å². The Kier molecular flexibility index (Phi) is 3.44. The van der Waals surface area contributed by atoms with Gasteiger partial charge < -0.3 is 4.98 Å². The fourth-order valence-electron chi connectivity index (χ4n) is 1.49. The standard InChI is InChI=1S/C11H5BrF4N2O/c12-10-9(17-8(4-19)18-10)6-3-5(11(14,15)16)1-2-7(6)13/h1-4H,(H,17,18). The van der Waals surface area contributed by atoms with Crippen LogP contribution in [0.1, 0.15) is 16.2 Å². The Morgan fingerprint density at radius 2 is 2.00 bits per heavy atom. The van der Waals surface area contributed by atoms with E-state index in [1.807, 2.05) is 0 Å². The van der Waals surface area contributed by atoms with Gasteiger partial charge in [0.1, 0.15) is 16.1 Å². The van der Waals surface area contributed by atoms with Crippen molar-refractivity contribution in [2.75, 3.05) is 0 Å². The highest BCUT2D eigenvalue weighted by Crippen LogP contribution is 2.35. The fourth-order valence-corrected chi connectivity index (χ4v) is 1.99. The Bertz CT molecular complexity index is 636. The molecule has 0 amide bonds. The molecule has 8 heteroatoms. The first kappa shape index (κ1) is 13.7. The number of H-pyrrole nitrogens is 1. The fraction of sp³-hybridized carbons (Fsp3) is 0.0909. The van der Waals surface area contributed by atoms with E-state index in [4.69, 9.17) is 0 Å². The molecule has 0 bridgehead atoms. The molecule has 100 valence electrons. The molecule has 0 aliphatic rings. The Morgan fingerprint density at radius 1 is 1.32 bits per heavy atom. The van der Waals surface area contributed by atoms with E-state index in [-0.39, 0.29) is 21.7 Å². The molecule has 1 N–H and O–H groups in total. The quantitative estimate of drug-likeness (QED) is 0.669. The number of halogens is 5. The number of carbonyl (C=O) groups is 1. The first-order valence-corrected chi connectivity index (χ1v) is 5.70. The highest BCUT2D eigenvalue weighted by atomic mass is 79.9. The third-order valence-corrected chi connectivity index (χ3v) is 2.91. The monoisotopic (exact) mass is 336 g/mol. The van der Waals surface area contributed by atoms with E-state index in [0.717, 1.165) is 0 Å². The third-order valence-electron chi connectivity index (χ3n) is 2.34. The van der Waals surface area contributed by atoms with Crippen LogP contribution in [0.2, 0.25) is 0 Å². The van der Waals surface area contributed by atoms with Crippen molar-refractivity contribution >= 4 is 22.2 Å². The van der Waals surface area contributed by atoms with Crippen LogP contribution in [-0.4, -0.2) is 16.3 Å². The van der Waals surface area contributed by atoms with Crippen molar-refractivity contribution in [3.63, 3.8) is 0 Å². The zero-order valence-electron chi connectivity index (χ0n) is 9.05. The molecule has 19 heavy (non-hydrogen) atoms. The summed E-state index contributed by atoms with van der Waals surface area (Å²) in [7, 11) is 0. The Hall–Kier alpha value is -1.70. The molecular formula is C11H5BrF4N2O. The van der Waals surface area contributed by atoms with Gasteiger partial charge in [-0.25, -0.2) is 9.37 Å². The number of hydrogen-bond donors (Lipinski definition) is 1. The highest BCUT2D eigenvalue weighted by Gasteiger charge is 2.31. The summed E-state index contributed by atoms with van der Waals surface area (Å²) in [5.74, 6) is -0.976. The van der Waals surface area contributed by atoms with Gasteiger partial charge in [0, 0.05) is 5.56 Å². The Balaban J connectivity index is 2.60. The summed E-state index contributed by atoms with van der Waals surface area (Å²) in [6.07, 6.45) is -4.21. The zero-order chi connectivity index (χ0) is 14.2. The zero-order valence-corrected chi connectivity index (χ0v) is 10.6. The van der Waals surface area contributed by atoms with E-state index in [9.17, 15) is 22.4 Å². The van der Waals surface area contributed by atoms with Crippen LogP contribution < -0.4 is 0 Å². The number of carbonyl (C=O) groups excluding carboxylic acids is 1. The summed E-state index contributed by atoms with van der Waals surface area (Å²) in [5.41, 5.74) is -1.43. The minimum absolute atomic E-state index is 0.0919. The lowest BCUT2D eigenvalue weighted by Gasteiger charge is -2.08. The van der Waals surface area contributed by atoms with Gasteiger partial charge in [-0.3, -0.25) is 4.79 Å². The predicted molar refractivity (Wildman–Crippen MR) is 62.1 cm³/mol. The number of imidazole rings is 1. The summed E-state index contributed by atoms with van der Waals surface area (Å²) in [4.78, 5) is 16.7. The first-order chi connectivity index (χ1) is 8.82. The van der Waals surface area contributed by atoms with Gasteiger partial charge in [-0.05, 0) is 34.1 Å². The van der Waals surface area contributed by atoms with Crippen LogP contribution in [0.25, 0.3) is 11.3 Å². The van der Waals surface area contributed by atoms with Crippen LogP contribution in [0.3, 0.4) is 0 Å². The summed E-state index contributed by atoms with van der Waals surface area (Å²) < 4.78 is 51.4. The molecule has 1 heterocycles. The number of nitrogens with one attached hydrogen (secondary N) is 1. The number of alkyl halides is 3. The van der Waals surface area contributed by atoms with Gasteiger partial charge in [0.25, 0.3) is 0 Å². The van der Waals surface area contributed by atoms with Crippen molar-refractivity contribution in [3.05, 3.63) is 40.0 Å². The average Bonchev–Trinajstić information content (AvgIpc) is 2.69. The summed E-state index contributed by atoms with van der Waals surface area (Å²) >= 11 is 2.98. The largest absolute Gasteiger partial charge is 0.416 e. The molecule has 0 spiro atoms. The van der Waals surface area contributed by atoms with Crippen LogP contribution >= 0.6 is 15.9 Å². The second kappa shape index (κ2) is 4.76. The molecule has 0 saturated carbocycles. The Labute approximate surface area is 112 Å². The van der Waals surface area contributed by atoms with Crippen LogP contribution in [0.5, 0.6) is 0 Å². The lowest BCUT2D eigenvalue weighted by Crippen LogP contribution is -2.05. The molecule has 2 aromatic rings. The lowest BCUT2D eigenvalue weighted by atomic mass is 10.1. The van der Waals surface area contributed by atoms with Gasteiger partial charge in [0.2, 0.25) is 0 Å². The van der Waals surface area contributed by atoms with Crippen molar-refractivity contribution < 1.29 is 22.4 Å². The van der Waals surface area contributed by atoms with Gasteiger partial charge in [-0.1, -0.05) is 0 Å². The average molecular weight is 337 g/mol. The maximum absolute atomic E-state index is 13.6. The van der Waals surface area contributed by atoms with Crippen molar-refractivity contribution in [1.82, 2.24) is 9.97 Å². The Morgan fingerprint density at radius 3 is 2.53 bits per heavy atom. The number of hydrogen-bond acceptors (Lipinski definition) is 2. The van der Waals surface area contributed by atoms with Crippen LogP contribution in [0, 0.1) is 5.82 Å². The van der Waals surface area contributed by atoms with Crippen molar-refractivity contribution in [1.29, 1.82) is 0 Å². The van der Waals surface area contributed by atoms with Crippen molar-refractivity contribution in [2.24, 2.45) is 0 Å². The number of aromatic amines is 1. The third kappa shape index (κ3) is 2.67. The molecule has 1 aromatic carbocycles. The minimum Gasteiger partial charge on any atom is -0.330 e. The van der Waals surface area contributed by atoms with E-state index < -0.39 is 17.6 Å². The number of aromatic nitrogens is 2. The first-order valence-electron chi connectivity index (χ1n) is 4.90. The van der Waals surface area contributed by atoms with E-state index >= 15 is 0 Å². The maximum Gasteiger partial charge on any atom is 0.416 e. The van der Waals surface area contributed by atoms with Crippen LogP contribution in [-0.2, 0) is 6.18 Å². The molecule has 0 aliphatic carbocycles. The molecule has 2 rings (SSSR count). The van der Waals surface area contributed by atoms with Crippen LogP contribution in [0.4, 0.5) is 17.6 Å². The molecule has 0 saturated heterocycles. The van der Waals surface area contributed by atoms with E-state index in [1.54, 1.807) is 0 Å². The van der Waals surface area contributed by atoms with Gasteiger partial charge >= 0.3 is 6.18 Å². The maximum atomic E-state index is 13.6. The molecule has 3 nitrogen and oxygen atoms in total. The van der Waals surface area contributed by atoms with Gasteiger partial charge in [-0.15, -0.1) is 0 Å². The molecule has 0 fully saturated rings. The molecule has 0 atom stereocenters. The summed E-state index contributed by atoms with van der Waals surface area (Å²) in [5, 5.41) is 0. The summed E-state index contributed by atoms with van der Waals surface area (Å²) in [6.45, 7) is 0. The topological polar surface area (TPSA) is 45.8 Å². The number of nitrogens with zero attached hydrogens (tertiary/aromatic N) is 1. The molecule has 0 radical (unpaired) electrons. The second-order valence-electron chi connectivity index (χ2n) is 3.59.